The average Bonchev–Trinajstić information content (AvgIpc) is 3.18. The molecule has 8 heteroatoms. The third-order valence-electron chi connectivity index (χ3n) is 4.99. The SMILES string of the molecule is O=C(C1=NN(C2CCS(=O)(=O)C2)C(=O)CC1)N1CCc2ccccc21. The lowest BCUT2D eigenvalue weighted by molar-refractivity contribution is -0.133. The molecular formula is C17H19N3O4S. The fourth-order valence-electron chi connectivity index (χ4n) is 3.68. The summed E-state index contributed by atoms with van der Waals surface area (Å²) in [6.07, 6.45) is 1.67. The second-order valence-electron chi connectivity index (χ2n) is 6.68. The van der Waals surface area contributed by atoms with Crippen molar-refractivity contribution in [3.8, 4) is 0 Å². The van der Waals surface area contributed by atoms with Gasteiger partial charge in [-0.1, -0.05) is 18.2 Å². The minimum atomic E-state index is -3.12. The number of carbonyl (C=O) groups excluding carboxylic acids is 2. The van der Waals surface area contributed by atoms with Crippen LogP contribution in [0.2, 0.25) is 0 Å². The summed E-state index contributed by atoms with van der Waals surface area (Å²) in [6, 6.07) is 7.31. The molecule has 25 heavy (non-hydrogen) atoms. The van der Waals surface area contributed by atoms with Crippen molar-refractivity contribution in [3.63, 3.8) is 0 Å². The monoisotopic (exact) mass is 361 g/mol. The number of sulfone groups is 1. The van der Waals surface area contributed by atoms with Crippen molar-refractivity contribution in [1.82, 2.24) is 5.01 Å². The Labute approximate surface area is 146 Å². The molecule has 0 N–H and O–H groups in total. The molecule has 4 rings (SSSR count). The molecule has 1 aromatic carbocycles. The molecule has 0 aromatic heterocycles. The zero-order valence-electron chi connectivity index (χ0n) is 13.7. The van der Waals surface area contributed by atoms with E-state index < -0.39 is 15.9 Å². The van der Waals surface area contributed by atoms with Crippen molar-refractivity contribution in [2.24, 2.45) is 5.10 Å². The van der Waals surface area contributed by atoms with Gasteiger partial charge in [0.05, 0.1) is 17.5 Å². The van der Waals surface area contributed by atoms with Gasteiger partial charge in [-0.2, -0.15) is 5.10 Å². The zero-order valence-corrected chi connectivity index (χ0v) is 14.5. The Hall–Kier alpha value is -2.22. The molecule has 0 aliphatic carbocycles. The van der Waals surface area contributed by atoms with Gasteiger partial charge in [0.25, 0.3) is 5.91 Å². The summed E-state index contributed by atoms with van der Waals surface area (Å²) in [7, 11) is -3.12. The van der Waals surface area contributed by atoms with Crippen molar-refractivity contribution in [1.29, 1.82) is 0 Å². The summed E-state index contributed by atoms with van der Waals surface area (Å²) in [6.45, 7) is 0.600. The van der Waals surface area contributed by atoms with Crippen LogP contribution in [0.3, 0.4) is 0 Å². The van der Waals surface area contributed by atoms with E-state index in [2.05, 4.69) is 5.10 Å². The highest BCUT2D eigenvalue weighted by Crippen LogP contribution is 2.29. The van der Waals surface area contributed by atoms with Gasteiger partial charge in [0.15, 0.2) is 9.84 Å². The number of nitrogens with zero attached hydrogens (tertiary/aromatic N) is 3. The molecule has 7 nitrogen and oxygen atoms in total. The standard InChI is InChI=1S/C17H19N3O4S/c21-16-6-5-14(18-20(16)13-8-10-25(23,24)11-13)17(22)19-9-7-12-3-1-2-4-15(12)19/h1-4,13H,5-11H2. The van der Waals surface area contributed by atoms with Crippen molar-refractivity contribution >= 4 is 33.1 Å². The maximum absolute atomic E-state index is 12.9. The molecule has 132 valence electrons. The quantitative estimate of drug-likeness (QED) is 0.777. The lowest BCUT2D eigenvalue weighted by Gasteiger charge is -2.29. The highest BCUT2D eigenvalue weighted by Gasteiger charge is 2.38. The number of amides is 2. The number of benzene rings is 1. The Morgan fingerprint density at radius 2 is 1.96 bits per heavy atom. The minimum Gasteiger partial charge on any atom is -0.307 e. The van der Waals surface area contributed by atoms with E-state index in [4.69, 9.17) is 0 Å². The van der Waals surface area contributed by atoms with Crippen LogP contribution in [0.4, 0.5) is 5.69 Å². The van der Waals surface area contributed by atoms with Crippen molar-refractivity contribution < 1.29 is 18.0 Å². The van der Waals surface area contributed by atoms with Gasteiger partial charge in [-0.25, -0.2) is 13.4 Å². The van der Waals surface area contributed by atoms with E-state index in [0.717, 1.165) is 17.7 Å². The first-order valence-corrected chi connectivity index (χ1v) is 10.3. The van der Waals surface area contributed by atoms with E-state index in [1.54, 1.807) is 4.90 Å². The molecule has 3 aliphatic rings. The van der Waals surface area contributed by atoms with Crippen LogP contribution in [0.15, 0.2) is 29.4 Å². The normalized spacial score (nSPS) is 25.0. The maximum atomic E-state index is 12.9. The predicted molar refractivity (Wildman–Crippen MR) is 93.1 cm³/mol. The fraction of sp³-hybridized carbons (Fsp3) is 0.471. The highest BCUT2D eigenvalue weighted by molar-refractivity contribution is 7.91. The van der Waals surface area contributed by atoms with E-state index in [-0.39, 0.29) is 29.7 Å². The third kappa shape index (κ3) is 2.95. The molecule has 0 spiro atoms. The van der Waals surface area contributed by atoms with Crippen molar-refractivity contribution in [2.75, 3.05) is 23.0 Å². The molecule has 1 unspecified atom stereocenters. The van der Waals surface area contributed by atoms with Crippen LogP contribution < -0.4 is 4.90 Å². The van der Waals surface area contributed by atoms with E-state index >= 15 is 0 Å². The smallest absolute Gasteiger partial charge is 0.274 e. The summed E-state index contributed by atoms with van der Waals surface area (Å²) < 4.78 is 23.4. The van der Waals surface area contributed by atoms with Gasteiger partial charge < -0.3 is 4.90 Å². The fourth-order valence-corrected chi connectivity index (χ4v) is 5.38. The molecule has 2 amide bonds. The second-order valence-corrected chi connectivity index (χ2v) is 8.91. The Bertz CT molecular complexity index is 878. The number of carbonyl (C=O) groups is 2. The topological polar surface area (TPSA) is 87.1 Å². The first-order chi connectivity index (χ1) is 11.9. The number of fused-ring (bicyclic) bond motifs is 1. The van der Waals surface area contributed by atoms with Crippen LogP contribution in [-0.4, -0.2) is 55.0 Å². The van der Waals surface area contributed by atoms with Gasteiger partial charge in [-0.15, -0.1) is 0 Å². The number of hydrazone groups is 1. The summed E-state index contributed by atoms with van der Waals surface area (Å²) in [4.78, 5) is 26.8. The summed E-state index contributed by atoms with van der Waals surface area (Å²) >= 11 is 0. The molecule has 0 radical (unpaired) electrons. The van der Waals surface area contributed by atoms with Gasteiger partial charge >= 0.3 is 0 Å². The van der Waals surface area contributed by atoms with Gasteiger partial charge in [0, 0.05) is 25.1 Å². The average molecular weight is 361 g/mol. The molecule has 1 saturated heterocycles. The molecule has 0 saturated carbocycles. The van der Waals surface area contributed by atoms with Crippen LogP contribution >= 0.6 is 0 Å². The summed E-state index contributed by atoms with van der Waals surface area (Å²) in [5, 5.41) is 5.51. The molecule has 1 aromatic rings. The van der Waals surface area contributed by atoms with Crippen LogP contribution in [-0.2, 0) is 25.8 Å². The molecule has 3 heterocycles. The summed E-state index contributed by atoms with van der Waals surface area (Å²) in [5.74, 6) is -0.403. The van der Waals surface area contributed by atoms with E-state index in [0.29, 0.717) is 25.1 Å². The maximum Gasteiger partial charge on any atom is 0.274 e. The number of hydrogen-bond donors (Lipinski definition) is 0. The van der Waals surface area contributed by atoms with Crippen LogP contribution in [0, 0.1) is 0 Å². The van der Waals surface area contributed by atoms with Gasteiger partial charge in [-0.3, -0.25) is 9.59 Å². The lowest BCUT2D eigenvalue weighted by atomic mass is 10.1. The number of hydrogen-bond acceptors (Lipinski definition) is 5. The molecule has 1 fully saturated rings. The van der Waals surface area contributed by atoms with E-state index in [1.165, 1.54) is 5.01 Å². The molecule has 3 aliphatic heterocycles. The number of rotatable bonds is 2. The Balaban J connectivity index is 1.59. The van der Waals surface area contributed by atoms with Gasteiger partial charge in [-0.05, 0) is 24.5 Å². The number of anilines is 1. The van der Waals surface area contributed by atoms with Gasteiger partial charge in [0.1, 0.15) is 5.71 Å². The zero-order chi connectivity index (χ0) is 17.6. The first kappa shape index (κ1) is 16.3. The van der Waals surface area contributed by atoms with Crippen molar-refractivity contribution in [2.45, 2.75) is 31.7 Å². The molecule has 0 bridgehead atoms. The van der Waals surface area contributed by atoms with Crippen LogP contribution in [0.1, 0.15) is 24.8 Å². The number of para-hydroxylation sites is 1. The first-order valence-electron chi connectivity index (χ1n) is 8.44. The van der Waals surface area contributed by atoms with Gasteiger partial charge in [0.2, 0.25) is 5.91 Å². The Kier molecular flexibility index (Phi) is 3.87. The molecule has 1 atom stereocenters. The lowest BCUT2D eigenvalue weighted by Crippen LogP contribution is -2.44. The Morgan fingerprint density at radius 1 is 1.16 bits per heavy atom. The predicted octanol–water partition coefficient (Wildman–Crippen LogP) is 0.741. The van der Waals surface area contributed by atoms with Crippen molar-refractivity contribution in [3.05, 3.63) is 29.8 Å². The largest absolute Gasteiger partial charge is 0.307 e. The second kappa shape index (κ2) is 5.94. The van der Waals surface area contributed by atoms with E-state index in [1.807, 2.05) is 24.3 Å². The van der Waals surface area contributed by atoms with Crippen LogP contribution in [0.5, 0.6) is 0 Å². The third-order valence-corrected chi connectivity index (χ3v) is 6.74. The highest BCUT2D eigenvalue weighted by atomic mass is 32.2. The minimum absolute atomic E-state index is 0.0692. The summed E-state index contributed by atoms with van der Waals surface area (Å²) in [5.41, 5.74) is 2.35. The van der Waals surface area contributed by atoms with E-state index in [9.17, 15) is 18.0 Å². The molecular weight excluding hydrogens is 342 g/mol. The Morgan fingerprint density at radius 3 is 2.72 bits per heavy atom. The van der Waals surface area contributed by atoms with Crippen LogP contribution in [0.25, 0.3) is 0 Å².